The topological polar surface area (TPSA) is 64.7 Å². The highest BCUT2D eigenvalue weighted by atomic mass is 32.2. The molecule has 1 aliphatic heterocycles. The molecule has 180 valence electrons. The molecule has 1 aliphatic rings. The quantitative estimate of drug-likeness (QED) is 0.451. The van der Waals surface area contributed by atoms with Crippen LogP contribution in [0.25, 0.3) is 0 Å². The van der Waals surface area contributed by atoms with Crippen LogP contribution in [0.1, 0.15) is 31.9 Å². The van der Waals surface area contributed by atoms with Gasteiger partial charge in [-0.25, -0.2) is 8.42 Å². The summed E-state index contributed by atoms with van der Waals surface area (Å²) in [5.41, 5.74) is 12.3. The number of hydrazine groups is 1. The summed E-state index contributed by atoms with van der Waals surface area (Å²) in [5.74, 6) is -0.0162. The predicted molar refractivity (Wildman–Crippen MR) is 143 cm³/mol. The molecule has 6 nitrogen and oxygen atoms in total. The molecule has 0 bridgehead atoms. The molecule has 0 saturated heterocycles. The van der Waals surface area contributed by atoms with E-state index in [0.29, 0.717) is 10.9 Å². The van der Waals surface area contributed by atoms with Crippen LogP contribution in [-0.4, -0.2) is 35.6 Å². The average Bonchev–Trinajstić information content (AvgIpc) is 2.98. The Kier molecular flexibility index (Phi) is 6.25. The van der Waals surface area contributed by atoms with Gasteiger partial charge < -0.3 is 20.7 Å². The Bertz CT molecular complexity index is 1270. The van der Waals surface area contributed by atoms with Crippen molar-refractivity contribution in [3.63, 3.8) is 0 Å². The van der Waals surface area contributed by atoms with E-state index < -0.39 is 9.84 Å². The Morgan fingerprint density at radius 3 is 2.03 bits per heavy atom. The molecule has 1 heterocycles. The van der Waals surface area contributed by atoms with E-state index in [4.69, 9.17) is 0 Å². The van der Waals surface area contributed by atoms with Crippen LogP contribution in [0.4, 0.5) is 22.7 Å². The first-order chi connectivity index (χ1) is 16.0. The Labute approximate surface area is 203 Å². The summed E-state index contributed by atoms with van der Waals surface area (Å²) in [6, 6.07) is 21.3. The zero-order valence-corrected chi connectivity index (χ0v) is 21.6. The highest BCUT2D eigenvalue weighted by molar-refractivity contribution is 7.90. The van der Waals surface area contributed by atoms with Gasteiger partial charge in [0.15, 0.2) is 9.84 Å². The standard InChI is InChI=1S/C27H34N4O2S/c1-19-27(2,3)25-17-20(7-16-26(25)31(19)6)18-34(32,33)24-14-10-22(11-15-24)29-28-21-8-12-23(13-9-21)30(4)5/h7-17,19,28-29H,18H2,1-6H3. The third kappa shape index (κ3) is 4.57. The van der Waals surface area contributed by atoms with E-state index in [1.54, 1.807) is 24.3 Å². The van der Waals surface area contributed by atoms with Crippen molar-refractivity contribution in [1.82, 2.24) is 0 Å². The molecule has 0 spiro atoms. The second-order valence-electron chi connectivity index (χ2n) is 9.83. The monoisotopic (exact) mass is 478 g/mol. The summed E-state index contributed by atoms with van der Waals surface area (Å²) in [4.78, 5) is 4.63. The number of sulfone groups is 1. The fourth-order valence-corrected chi connectivity index (χ4v) is 5.79. The van der Waals surface area contributed by atoms with Crippen LogP contribution >= 0.6 is 0 Å². The van der Waals surface area contributed by atoms with E-state index in [0.717, 1.165) is 22.6 Å². The van der Waals surface area contributed by atoms with Crippen molar-refractivity contribution in [2.45, 2.75) is 42.9 Å². The molecule has 0 fully saturated rings. The molecular weight excluding hydrogens is 444 g/mol. The van der Waals surface area contributed by atoms with Gasteiger partial charge >= 0.3 is 0 Å². The predicted octanol–water partition coefficient (Wildman–Crippen LogP) is 5.28. The maximum Gasteiger partial charge on any atom is 0.182 e. The van der Waals surface area contributed by atoms with Crippen LogP contribution in [0.3, 0.4) is 0 Å². The minimum absolute atomic E-state index is 0.0162. The van der Waals surface area contributed by atoms with Gasteiger partial charge in [-0.15, -0.1) is 0 Å². The van der Waals surface area contributed by atoms with E-state index >= 15 is 0 Å². The number of rotatable bonds is 7. The van der Waals surface area contributed by atoms with Crippen LogP contribution in [-0.2, 0) is 21.0 Å². The number of hydrogen-bond acceptors (Lipinski definition) is 6. The Morgan fingerprint density at radius 2 is 1.47 bits per heavy atom. The molecule has 1 atom stereocenters. The van der Waals surface area contributed by atoms with Crippen LogP contribution in [0, 0.1) is 0 Å². The highest BCUT2D eigenvalue weighted by Gasteiger charge is 2.40. The molecule has 3 aromatic rings. The van der Waals surface area contributed by atoms with Crippen LogP contribution < -0.4 is 20.7 Å². The zero-order valence-electron chi connectivity index (χ0n) is 20.8. The summed E-state index contributed by atoms with van der Waals surface area (Å²) in [5, 5.41) is 0. The highest BCUT2D eigenvalue weighted by Crippen LogP contribution is 2.44. The summed E-state index contributed by atoms with van der Waals surface area (Å²) >= 11 is 0. The molecule has 0 radical (unpaired) electrons. The second-order valence-corrected chi connectivity index (χ2v) is 11.8. The lowest BCUT2D eigenvalue weighted by molar-refractivity contribution is 0.454. The van der Waals surface area contributed by atoms with E-state index in [-0.39, 0.29) is 11.2 Å². The van der Waals surface area contributed by atoms with Gasteiger partial charge in [-0.1, -0.05) is 26.0 Å². The normalized spacial score (nSPS) is 16.8. The van der Waals surface area contributed by atoms with Crippen molar-refractivity contribution in [3.8, 4) is 0 Å². The molecule has 2 N–H and O–H groups in total. The first-order valence-electron chi connectivity index (χ1n) is 11.5. The summed E-state index contributed by atoms with van der Waals surface area (Å²) < 4.78 is 26.2. The van der Waals surface area contributed by atoms with Crippen molar-refractivity contribution in [3.05, 3.63) is 77.9 Å². The first kappa shape index (κ1) is 24.0. The van der Waals surface area contributed by atoms with Gasteiger partial charge in [0.2, 0.25) is 0 Å². The summed E-state index contributed by atoms with van der Waals surface area (Å²) in [6.07, 6.45) is 0. The van der Waals surface area contributed by atoms with E-state index in [1.165, 1.54) is 11.3 Å². The Hall–Kier alpha value is -3.19. The van der Waals surface area contributed by atoms with Gasteiger partial charge in [0.25, 0.3) is 0 Å². The fourth-order valence-electron chi connectivity index (χ4n) is 4.45. The maximum atomic E-state index is 13.1. The fraction of sp³-hybridized carbons (Fsp3) is 0.333. The smallest absolute Gasteiger partial charge is 0.182 e. The lowest BCUT2D eigenvalue weighted by Crippen LogP contribution is -2.36. The Balaban J connectivity index is 1.44. The van der Waals surface area contributed by atoms with E-state index in [1.807, 2.05) is 49.3 Å². The minimum Gasteiger partial charge on any atom is -0.378 e. The molecular formula is C27H34N4O2S. The van der Waals surface area contributed by atoms with Gasteiger partial charge in [0.05, 0.1) is 22.0 Å². The third-order valence-electron chi connectivity index (χ3n) is 7.07. The largest absolute Gasteiger partial charge is 0.378 e. The van der Waals surface area contributed by atoms with Crippen molar-refractivity contribution < 1.29 is 8.42 Å². The molecule has 1 unspecified atom stereocenters. The number of benzene rings is 3. The van der Waals surface area contributed by atoms with Crippen molar-refractivity contribution in [2.75, 3.05) is 41.8 Å². The lowest BCUT2D eigenvalue weighted by atomic mass is 9.81. The lowest BCUT2D eigenvalue weighted by Gasteiger charge is -2.28. The summed E-state index contributed by atoms with van der Waals surface area (Å²) in [6.45, 7) is 6.64. The number of likely N-dealkylation sites (N-methyl/N-ethyl adjacent to an activating group) is 1. The molecule has 4 rings (SSSR count). The molecule has 0 aromatic heterocycles. The van der Waals surface area contributed by atoms with Gasteiger partial charge in [-0.05, 0) is 72.6 Å². The molecule has 7 heteroatoms. The minimum atomic E-state index is -3.46. The van der Waals surface area contributed by atoms with Gasteiger partial charge in [0.1, 0.15) is 0 Å². The zero-order chi connectivity index (χ0) is 24.7. The van der Waals surface area contributed by atoms with Crippen molar-refractivity contribution >= 4 is 32.6 Å². The van der Waals surface area contributed by atoms with Gasteiger partial charge in [0, 0.05) is 44.0 Å². The van der Waals surface area contributed by atoms with Gasteiger partial charge in [-0.3, -0.25) is 0 Å². The molecule has 0 saturated carbocycles. The second kappa shape index (κ2) is 8.87. The maximum absolute atomic E-state index is 13.1. The van der Waals surface area contributed by atoms with Crippen LogP contribution in [0.2, 0.25) is 0 Å². The van der Waals surface area contributed by atoms with Crippen molar-refractivity contribution in [1.29, 1.82) is 0 Å². The van der Waals surface area contributed by atoms with Crippen molar-refractivity contribution in [2.24, 2.45) is 0 Å². The SMILES string of the molecule is CC1N(C)c2ccc(CS(=O)(=O)c3ccc(NNc4ccc(N(C)C)cc4)cc3)cc2C1(C)C. The number of fused-ring (bicyclic) bond motifs is 1. The molecule has 3 aromatic carbocycles. The number of nitrogens with one attached hydrogen (secondary N) is 2. The van der Waals surface area contributed by atoms with Crippen LogP contribution in [0.15, 0.2) is 71.6 Å². The third-order valence-corrected chi connectivity index (χ3v) is 8.77. The summed E-state index contributed by atoms with van der Waals surface area (Å²) in [7, 11) is 2.64. The molecule has 0 amide bonds. The number of nitrogens with zero attached hydrogens (tertiary/aromatic N) is 2. The van der Waals surface area contributed by atoms with Crippen LogP contribution in [0.5, 0.6) is 0 Å². The first-order valence-corrected chi connectivity index (χ1v) is 13.1. The average molecular weight is 479 g/mol. The van der Waals surface area contributed by atoms with E-state index in [2.05, 4.69) is 55.7 Å². The number of anilines is 4. The van der Waals surface area contributed by atoms with Gasteiger partial charge in [-0.2, -0.15) is 0 Å². The van der Waals surface area contributed by atoms with E-state index in [9.17, 15) is 8.42 Å². The number of hydrogen-bond donors (Lipinski definition) is 2. The molecule has 0 aliphatic carbocycles. The Morgan fingerprint density at radius 1 is 0.912 bits per heavy atom. The molecule has 34 heavy (non-hydrogen) atoms.